The predicted molar refractivity (Wildman–Crippen MR) is 42.7 cm³/mol. The lowest BCUT2D eigenvalue weighted by atomic mass is 10.1. The fourth-order valence-electron chi connectivity index (χ4n) is 1.30. The summed E-state index contributed by atoms with van der Waals surface area (Å²) in [5.74, 6) is 0. The van der Waals surface area contributed by atoms with Crippen molar-refractivity contribution in [3.05, 3.63) is 0 Å². The highest BCUT2D eigenvalue weighted by Gasteiger charge is 2.11. The smallest absolute Gasteiger partial charge is 0.0340 e. The molecule has 0 bridgehead atoms. The number of likely N-dealkylation sites (N-methyl/N-ethyl adjacent to an activating group) is 1. The van der Waals surface area contributed by atoms with Gasteiger partial charge in [-0.1, -0.05) is 0 Å². The van der Waals surface area contributed by atoms with Gasteiger partial charge in [-0.05, 0) is 26.9 Å². The molecule has 1 heterocycles. The van der Waals surface area contributed by atoms with E-state index in [0.717, 1.165) is 13.1 Å². The second-order valence-electron chi connectivity index (χ2n) is 3.17. The third kappa shape index (κ3) is 2.64. The van der Waals surface area contributed by atoms with Crippen LogP contribution in [-0.4, -0.2) is 38.1 Å². The number of hydrazine groups is 1. The Balaban J connectivity index is 2.13. The molecule has 0 aliphatic carbocycles. The molecular formula is C7H17N3. The fraction of sp³-hybridized carbons (Fsp3) is 1.00. The minimum atomic E-state index is 0.642. The Morgan fingerprint density at radius 1 is 1.50 bits per heavy atom. The molecule has 0 saturated carbocycles. The van der Waals surface area contributed by atoms with E-state index in [1.165, 1.54) is 12.8 Å². The van der Waals surface area contributed by atoms with Gasteiger partial charge >= 0.3 is 0 Å². The van der Waals surface area contributed by atoms with E-state index < -0.39 is 0 Å². The molecule has 60 valence electrons. The van der Waals surface area contributed by atoms with Crippen molar-refractivity contribution >= 4 is 0 Å². The lowest BCUT2D eigenvalue weighted by Gasteiger charge is -2.26. The van der Waals surface area contributed by atoms with Crippen LogP contribution in [0, 0.1) is 0 Å². The number of nitrogens with one attached hydrogen (secondary N) is 2. The van der Waals surface area contributed by atoms with Crippen LogP contribution in [-0.2, 0) is 0 Å². The summed E-state index contributed by atoms with van der Waals surface area (Å²) < 4.78 is 0. The monoisotopic (exact) mass is 143 g/mol. The van der Waals surface area contributed by atoms with Gasteiger partial charge < -0.3 is 4.90 Å². The standard InChI is InChI=1S/C7H17N3/c1-10(2)6-7-4-3-5-8-9-7/h7-9H,3-6H2,1-2H3. The quantitative estimate of drug-likeness (QED) is 0.561. The molecule has 2 N–H and O–H groups in total. The van der Waals surface area contributed by atoms with E-state index in [1.807, 2.05) is 0 Å². The molecule has 1 unspecified atom stereocenters. The van der Waals surface area contributed by atoms with Crippen LogP contribution in [0.15, 0.2) is 0 Å². The Morgan fingerprint density at radius 2 is 2.30 bits per heavy atom. The Morgan fingerprint density at radius 3 is 2.80 bits per heavy atom. The van der Waals surface area contributed by atoms with E-state index in [4.69, 9.17) is 0 Å². The molecule has 10 heavy (non-hydrogen) atoms. The molecule has 1 rings (SSSR count). The van der Waals surface area contributed by atoms with Gasteiger partial charge in [0.25, 0.3) is 0 Å². The van der Waals surface area contributed by atoms with Gasteiger partial charge in [0.1, 0.15) is 0 Å². The van der Waals surface area contributed by atoms with Gasteiger partial charge in [0.05, 0.1) is 0 Å². The summed E-state index contributed by atoms with van der Waals surface area (Å²) in [6.45, 7) is 2.25. The lowest BCUT2D eigenvalue weighted by molar-refractivity contribution is 0.269. The zero-order chi connectivity index (χ0) is 7.40. The summed E-state index contributed by atoms with van der Waals surface area (Å²) in [7, 11) is 4.21. The average Bonchev–Trinajstić information content (AvgIpc) is 1.88. The molecule has 0 amide bonds. The molecule has 0 aromatic carbocycles. The minimum Gasteiger partial charge on any atom is -0.308 e. The van der Waals surface area contributed by atoms with Gasteiger partial charge in [-0.25, -0.2) is 0 Å². The van der Waals surface area contributed by atoms with Crippen LogP contribution in [0.2, 0.25) is 0 Å². The zero-order valence-corrected chi connectivity index (χ0v) is 6.85. The first kappa shape index (κ1) is 7.98. The van der Waals surface area contributed by atoms with Gasteiger partial charge in [0.15, 0.2) is 0 Å². The van der Waals surface area contributed by atoms with Crippen molar-refractivity contribution in [2.75, 3.05) is 27.2 Å². The fourth-order valence-corrected chi connectivity index (χ4v) is 1.30. The summed E-state index contributed by atoms with van der Waals surface area (Å²) in [6.07, 6.45) is 2.59. The average molecular weight is 143 g/mol. The number of hydrogen-bond acceptors (Lipinski definition) is 3. The summed E-state index contributed by atoms with van der Waals surface area (Å²) in [5.41, 5.74) is 6.42. The third-order valence-corrected chi connectivity index (χ3v) is 1.75. The molecule has 0 radical (unpaired) electrons. The van der Waals surface area contributed by atoms with Crippen LogP contribution >= 0.6 is 0 Å². The lowest BCUT2D eigenvalue weighted by Crippen LogP contribution is -2.49. The zero-order valence-electron chi connectivity index (χ0n) is 6.85. The highest BCUT2D eigenvalue weighted by Crippen LogP contribution is 2.00. The number of rotatable bonds is 2. The van der Waals surface area contributed by atoms with Gasteiger partial charge in [-0.15, -0.1) is 0 Å². The molecule has 1 fully saturated rings. The van der Waals surface area contributed by atoms with Crippen LogP contribution in [0.25, 0.3) is 0 Å². The normalized spacial score (nSPS) is 27.3. The van der Waals surface area contributed by atoms with Crippen molar-refractivity contribution in [3.8, 4) is 0 Å². The van der Waals surface area contributed by atoms with E-state index in [9.17, 15) is 0 Å². The second-order valence-corrected chi connectivity index (χ2v) is 3.17. The van der Waals surface area contributed by atoms with Crippen molar-refractivity contribution in [2.45, 2.75) is 18.9 Å². The van der Waals surface area contributed by atoms with Crippen LogP contribution in [0.5, 0.6) is 0 Å². The maximum absolute atomic E-state index is 3.26. The summed E-state index contributed by atoms with van der Waals surface area (Å²) in [6, 6.07) is 0.642. The Hall–Kier alpha value is -0.120. The summed E-state index contributed by atoms with van der Waals surface area (Å²) in [5, 5.41) is 0. The third-order valence-electron chi connectivity index (χ3n) is 1.75. The van der Waals surface area contributed by atoms with E-state index in [1.54, 1.807) is 0 Å². The molecule has 0 spiro atoms. The first-order valence-corrected chi connectivity index (χ1v) is 3.92. The Labute approximate surface area is 62.8 Å². The van der Waals surface area contributed by atoms with E-state index >= 15 is 0 Å². The Bertz CT molecular complexity index is 86.9. The predicted octanol–water partition coefficient (Wildman–Crippen LogP) is -0.195. The highest BCUT2D eigenvalue weighted by atomic mass is 15.4. The SMILES string of the molecule is CN(C)CC1CCCNN1. The van der Waals surface area contributed by atoms with Crippen LogP contribution in [0.1, 0.15) is 12.8 Å². The highest BCUT2D eigenvalue weighted by molar-refractivity contribution is 4.71. The van der Waals surface area contributed by atoms with Gasteiger partial charge in [0, 0.05) is 19.1 Å². The van der Waals surface area contributed by atoms with Crippen molar-refractivity contribution < 1.29 is 0 Å². The second kappa shape index (κ2) is 3.91. The summed E-state index contributed by atoms with van der Waals surface area (Å²) in [4.78, 5) is 2.21. The number of hydrogen-bond donors (Lipinski definition) is 2. The first-order valence-electron chi connectivity index (χ1n) is 3.92. The first-order chi connectivity index (χ1) is 4.79. The molecule has 3 nitrogen and oxygen atoms in total. The maximum atomic E-state index is 3.26. The molecule has 3 heteroatoms. The van der Waals surface area contributed by atoms with Gasteiger partial charge in [0.2, 0.25) is 0 Å². The van der Waals surface area contributed by atoms with Crippen molar-refractivity contribution in [2.24, 2.45) is 0 Å². The topological polar surface area (TPSA) is 27.3 Å². The largest absolute Gasteiger partial charge is 0.308 e. The molecule has 0 aromatic rings. The van der Waals surface area contributed by atoms with E-state index in [-0.39, 0.29) is 0 Å². The molecule has 1 aliphatic rings. The van der Waals surface area contributed by atoms with Crippen molar-refractivity contribution in [1.29, 1.82) is 0 Å². The van der Waals surface area contributed by atoms with Crippen LogP contribution < -0.4 is 10.9 Å². The van der Waals surface area contributed by atoms with E-state index in [2.05, 4.69) is 29.8 Å². The summed E-state index contributed by atoms with van der Waals surface area (Å²) >= 11 is 0. The minimum absolute atomic E-state index is 0.642. The molecular weight excluding hydrogens is 126 g/mol. The van der Waals surface area contributed by atoms with Crippen molar-refractivity contribution in [3.63, 3.8) is 0 Å². The number of nitrogens with zero attached hydrogens (tertiary/aromatic N) is 1. The van der Waals surface area contributed by atoms with Gasteiger partial charge in [-0.3, -0.25) is 10.9 Å². The molecule has 1 aliphatic heterocycles. The Kier molecular flexibility index (Phi) is 3.12. The van der Waals surface area contributed by atoms with Crippen LogP contribution in [0.3, 0.4) is 0 Å². The molecule has 1 atom stereocenters. The van der Waals surface area contributed by atoms with Crippen molar-refractivity contribution in [1.82, 2.24) is 15.8 Å². The van der Waals surface area contributed by atoms with E-state index in [0.29, 0.717) is 6.04 Å². The molecule has 0 aromatic heterocycles. The van der Waals surface area contributed by atoms with Gasteiger partial charge in [-0.2, -0.15) is 0 Å². The molecule has 1 saturated heterocycles. The van der Waals surface area contributed by atoms with Crippen LogP contribution in [0.4, 0.5) is 0 Å². The maximum Gasteiger partial charge on any atom is 0.0340 e.